The maximum atomic E-state index is 13.8. The van der Waals surface area contributed by atoms with Crippen LogP contribution in [0, 0.1) is 11.8 Å². The van der Waals surface area contributed by atoms with Gasteiger partial charge in [0, 0.05) is 31.1 Å². The highest BCUT2D eigenvalue weighted by molar-refractivity contribution is 6.42. The third-order valence-corrected chi connectivity index (χ3v) is 9.72. The minimum Gasteiger partial charge on any atom is -0.508 e. The van der Waals surface area contributed by atoms with Gasteiger partial charge in [-0.05, 0) is 92.3 Å². The Morgan fingerprint density at radius 1 is 1.11 bits per heavy atom. The number of benzene rings is 2. The molecule has 7 heteroatoms. The Hall–Kier alpha value is -1.79. The number of fused-ring (bicyclic) bond motifs is 1. The molecule has 2 aliphatic carbocycles. The first kappa shape index (κ1) is 27.8. The second-order valence-corrected chi connectivity index (χ2v) is 13.2. The summed E-state index contributed by atoms with van der Waals surface area (Å²) in [6.07, 6.45) is 5.73. The Labute approximate surface area is 236 Å². The molecule has 0 radical (unpaired) electrons. The quantitative estimate of drug-likeness (QED) is 0.413. The van der Waals surface area contributed by atoms with Gasteiger partial charge in [-0.15, -0.1) is 0 Å². The number of aliphatic hydroxyl groups is 1. The van der Waals surface area contributed by atoms with Crippen LogP contribution in [0.3, 0.4) is 0 Å². The van der Waals surface area contributed by atoms with E-state index >= 15 is 0 Å². The van der Waals surface area contributed by atoms with E-state index in [1.165, 1.54) is 12.8 Å². The molecule has 206 valence electrons. The van der Waals surface area contributed by atoms with E-state index in [0.29, 0.717) is 41.9 Å². The summed E-state index contributed by atoms with van der Waals surface area (Å²) in [5, 5.41) is 23.7. The van der Waals surface area contributed by atoms with E-state index in [9.17, 15) is 15.0 Å². The molecule has 0 spiro atoms. The van der Waals surface area contributed by atoms with Crippen molar-refractivity contribution in [1.29, 1.82) is 0 Å². The highest BCUT2D eigenvalue weighted by Gasteiger charge is 2.58. The van der Waals surface area contributed by atoms with E-state index in [1.54, 1.807) is 18.2 Å². The van der Waals surface area contributed by atoms with Gasteiger partial charge in [-0.25, -0.2) is 0 Å². The van der Waals surface area contributed by atoms with Crippen LogP contribution in [0.15, 0.2) is 42.5 Å². The number of carbonyl (C=O) groups excluding carboxylic acids is 1. The van der Waals surface area contributed by atoms with Gasteiger partial charge in [-0.3, -0.25) is 4.79 Å². The van der Waals surface area contributed by atoms with Gasteiger partial charge < -0.3 is 20.0 Å². The van der Waals surface area contributed by atoms with Crippen LogP contribution in [0.25, 0.3) is 0 Å². The summed E-state index contributed by atoms with van der Waals surface area (Å²) in [6, 6.07) is 12.8. The number of likely N-dealkylation sites (tertiary alicyclic amines) is 1. The number of piperidine rings is 1. The van der Waals surface area contributed by atoms with Gasteiger partial charge in [0.05, 0.1) is 22.1 Å². The molecule has 1 amide bonds. The molecule has 5 rings (SSSR count). The Morgan fingerprint density at radius 3 is 2.58 bits per heavy atom. The number of nitrogens with zero attached hydrogens (tertiary/aromatic N) is 2. The number of β-amino-alcohol motifs (C(OH)–C–C–N with tert-alkyl or cyclic N) is 1. The van der Waals surface area contributed by atoms with Gasteiger partial charge in [0.1, 0.15) is 5.75 Å². The third-order valence-electron chi connectivity index (χ3n) is 8.98. The Balaban J connectivity index is 1.44. The summed E-state index contributed by atoms with van der Waals surface area (Å²) in [6.45, 7) is 7.56. The van der Waals surface area contributed by atoms with Crippen molar-refractivity contribution in [1.82, 2.24) is 9.80 Å². The van der Waals surface area contributed by atoms with E-state index in [1.807, 2.05) is 29.2 Å². The summed E-state index contributed by atoms with van der Waals surface area (Å²) in [5.74, 6) is 1.37. The number of hydrogen-bond donors (Lipinski definition) is 2. The fraction of sp³-hybridized carbons (Fsp3) is 0.581. The molecule has 1 saturated heterocycles. The van der Waals surface area contributed by atoms with Crippen molar-refractivity contribution in [2.45, 2.75) is 75.9 Å². The van der Waals surface area contributed by atoms with Crippen LogP contribution in [-0.2, 0) is 16.6 Å². The van der Waals surface area contributed by atoms with Crippen LogP contribution in [0.2, 0.25) is 10.0 Å². The molecule has 2 saturated carbocycles. The second-order valence-electron chi connectivity index (χ2n) is 12.4. The van der Waals surface area contributed by atoms with Crippen molar-refractivity contribution in [3.63, 3.8) is 0 Å². The van der Waals surface area contributed by atoms with Gasteiger partial charge in [-0.2, -0.15) is 0 Å². The molecule has 0 unspecified atom stereocenters. The monoisotopic (exact) mass is 558 g/mol. The fourth-order valence-electron chi connectivity index (χ4n) is 6.90. The molecule has 1 aliphatic heterocycles. The largest absolute Gasteiger partial charge is 0.508 e. The maximum Gasteiger partial charge on any atom is 0.227 e. The number of phenols is 1. The predicted octanol–water partition coefficient (Wildman–Crippen LogP) is 6.06. The molecule has 1 heterocycles. The highest BCUT2D eigenvalue weighted by Crippen LogP contribution is 2.53. The smallest absolute Gasteiger partial charge is 0.227 e. The van der Waals surface area contributed by atoms with Crippen LogP contribution < -0.4 is 0 Å². The number of halogens is 2. The lowest BCUT2D eigenvalue weighted by atomic mass is 9.55. The SMILES string of the molecule is CC(C)CN(C(=O)Cc1ccc(Cl)c(Cl)c1)[C@@H]1CC[C@]2(O)CN(CC3CC3)CC[C@@]2(c2cccc(O)c2)C1. The number of rotatable bonds is 8. The van der Waals surface area contributed by atoms with Crippen LogP contribution in [0.1, 0.15) is 63.5 Å². The number of hydrogen-bond acceptors (Lipinski definition) is 4. The van der Waals surface area contributed by atoms with Crippen LogP contribution >= 0.6 is 23.2 Å². The third kappa shape index (κ3) is 5.72. The Kier molecular flexibility index (Phi) is 8.04. The average molecular weight is 560 g/mol. The molecule has 2 aromatic rings. The maximum absolute atomic E-state index is 13.8. The summed E-state index contributed by atoms with van der Waals surface area (Å²) >= 11 is 12.3. The van der Waals surface area contributed by atoms with Crippen molar-refractivity contribution in [3.8, 4) is 5.75 Å². The Morgan fingerprint density at radius 2 is 1.89 bits per heavy atom. The topological polar surface area (TPSA) is 64.0 Å². The van der Waals surface area contributed by atoms with Gasteiger partial charge in [0.2, 0.25) is 5.91 Å². The van der Waals surface area contributed by atoms with Gasteiger partial charge in [0.15, 0.2) is 0 Å². The van der Waals surface area contributed by atoms with Crippen molar-refractivity contribution in [2.75, 3.05) is 26.2 Å². The Bertz CT molecular complexity index is 1170. The number of aromatic hydroxyl groups is 1. The minimum absolute atomic E-state index is 0.00489. The lowest BCUT2D eigenvalue weighted by Crippen LogP contribution is -2.67. The van der Waals surface area contributed by atoms with Crippen LogP contribution in [0.4, 0.5) is 0 Å². The van der Waals surface area contributed by atoms with E-state index in [-0.39, 0.29) is 24.1 Å². The fourth-order valence-corrected chi connectivity index (χ4v) is 7.22. The van der Waals surface area contributed by atoms with Crippen LogP contribution in [0.5, 0.6) is 5.75 Å². The normalized spacial score (nSPS) is 27.8. The first-order chi connectivity index (χ1) is 18.1. The molecule has 3 atom stereocenters. The molecule has 3 fully saturated rings. The molecule has 2 N–H and O–H groups in total. The summed E-state index contributed by atoms with van der Waals surface area (Å²) < 4.78 is 0. The van der Waals surface area contributed by atoms with Crippen molar-refractivity contribution >= 4 is 29.1 Å². The zero-order chi connectivity index (χ0) is 27.1. The van der Waals surface area contributed by atoms with Crippen LogP contribution in [-0.4, -0.2) is 63.7 Å². The van der Waals surface area contributed by atoms with Gasteiger partial charge >= 0.3 is 0 Å². The van der Waals surface area contributed by atoms with Crippen molar-refractivity contribution < 1.29 is 15.0 Å². The molecular formula is C31H40Cl2N2O3. The predicted molar refractivity (Wildman–Crippen MR) is 153 cm³/mol. The number of amides is 1. The second kappa shape index (κ2) is 11.0. The van der Waals surface area contributed by atoms with E-state index in [4.69, 9.17) is 23.2 Å². The van der Waals surface area contributed by atoms with E-state index in [2.05, 4.69) is 18.7 Å². The van der Waals surface area contributed by atoms with Crippen molar-refractivity contribution in [3.05, 3.63) is 63.6 Å². The first-order valence-corrected chi connectivity index (χ1v) is 14.8. The van der Waals surface area contributed by atoms with E-state index in [0.717, 1.165) is 43.0 Å². The van der Waals surface area contributed by atoms with Crippen molar-refractivity contribution in [2.24, 2.45) is 11.8 Å². The zero-order valence-corrected chi connectivity index (χ0v) is 24.0. The lowest BCUT2D eigenvalue weighted by Gasteiger charge is -2.59. The van der Waals surface area contributed by atoms with Gasteiger partial charge in [-0.1, -0.05) is 55.2 Å². The molecule has 3 aliphatic rings. The average Bonchev–Trinajstić information content (AvgIpc) is 3.68. The molecule has 2 aromatic carbocycles. The standard InChI is InChI=1S/C31H40Cl2N2O3/c1-21(2)18-35(29(37)15-23-8-9-27(32)28(33)14-23)25-10-11-31(38)20-34(19-22-6-7-22)13-12-30(31,17-25)24-4-3-5-26(36)16-24/h3-5,8-9,14,16,21-22,25,36,38H,6-7,10-13,15,17-20H2,1-2H3/t25-,30+,31+/m1/s1. The zero-order valence-electron chi connectivity index (χ0n) is 22.5. The minimum atomic E-state index is -0.902. The molecular weight excluding hydrogens is 519 g/mol. The molecule has 5 nitrogen and oxygen atoms in total. The molecule has 38 heavy (non-hydrogen) atoms. The highest BCUT2D eigenvalue weighted by atomic mass is 35.5. The summed E-state index contributed by atoms with van der Waals surface area (Å²) in [5.41, 5.74) is 0.410. The van der Waals surface area contributed by atoms with Gasteiger partial charge in [0.25, 0.3) is 0 Å². The molecule has 0 bridgehead atoms. The van der Waals surface area contributed by atoms with E-state index < -0.39 is 11.0 Å². The number of phenolic OH excluding ortho intramolecular Hbond substituents is 1. The molecule has 0 aromatic heterocycles. The number of carbonyl (C=O) groups is 1. The summed E-state index contributed by atoms with van der Waals surface area (Å²) in [4.78, 5) is 18.3. The first-order valence-electron chi connectivity index (χ1n) is 14.1. The lowest BCUT2D eigenvalue weighted by molar-refractivity contribution is -0.150. The summed E-state index contributed by atoms with van der Waals surface area (Å²) in [7, 11) is 0.